The Morgan fingerprint density at radius 3 is 2.61 bits per heavy atom. The van der Waals surface area contributed by atoms with Gasteiger partial charge in [-0.05, 0) is 12.7 Å². The molecule has 0 aliphatic rings. The van der Waals surface area contributed by atoms with Crippen molar-refractivity contribution in [2.75, 3.05) is 25.1 Å². The van der Waals surface area contributed by atoms with Crippen molar-refractivity contribution in [3.63, 3.8) is 0 Å². The number of thiophene rings is 1. The van der Waals surface area contributed by atoms with E-state index < -0.39 is 5.97 Å². The molecule has 0 aliphatic heterocycles. The van der Waals surface area contributed by atoms with Gasteiger partial charge in [0.05, 0.1) is 17.0 Å². The van der Waals surface area contributed by atoms with Crippen LogP contribution in [0.15, 0.2) is 4.21 Å². The molecule has 0 saturated heterocycles. The molecule has 1 aromatic heterocycles. The molecule has 0 aliphatic carbocycles. The molecule has 1 heterocycles. The molecule has 0 spiro atoms. The molecule has 5 nitrogen and oxygen atoms in total. The van der Waals surface area contributed by atoms with Crippen LogP contribution in [0.3, 0.4) is 0 Å². The molecule has 100 valence electrons. The SMILES string of the molecule is CCNC(=O)c1sc(SCC)c(C(=O)OC)c1N. The third-order valence-electron chi connectivity index (χ3n) is 2.12. The zero-order chi connectivity index (χ0) is 13.7. The smallest absolute Gasteiger partial charge is 0.342 e. The Morgan fingerprint density at radius 2 is 2.11 bits per heavy atom. The van der Waals surface area contributed by atoms with Crippen LogP contribution in [-0.4, -0.2) is 31.3 Å². The Kier molecular flexibility index (Phi) is 5.49. The predicted octanol–water partition coefficient (Wildman–Crippen LogP) is 1.98. The first-order valence-corrected chi connectivity index (χ1v) is 7.28. The molecule has 0 radical (unpaired) electrons. The second-order valence-electron chi connectivity index (χ2n) is 3.29. The van der Waals surface area contributed by atoms with E-state index >= 15 is 0 Å². The highest BCUT2D eigenvalue weighted by atomic mass is 32.2. The quantitative estimate of drug-likeness (QED) is 0.639. The molecule has 0 atom stereocenters. The maximum Gasteiger partial charge on any atom is 0.342 e. The number of nitrogen functional groups attached to an aromatic ring is 1. The van der Waals surface area contributed by atoms with E-state index in [0.717, 1.165) is 9.96 Å². The Morgan fingerprint density at radius 1 is 1.44 bits per heavy atom. The molecule has 0 fully saturated rings. The fraction of sp³-hybridized carbons (Fsp3) is 0.455. The van der Waals surface area contributed by atoms with Crippen LogP contribution in [0.1, 0.15) is 33.9 Å². The van der Waals surface area contributed by atoms with Gasteiger partial charge >= 0.3 is 5.97 Å². The number of anilines is 1. The number of carbonyl (C=O) groups excluding carboxylic acids is 2. The highest BCUT2D eigenvalue weighted by Gasteiger charge is 2.25. The van der Waals surface area contributed by atoms with Gasteiger partial charge in [0.2, 0.25) is 0 Å². The number of hydrogen-bond donors (Lipinski definition) is 2. The minimum Gasteiger partial charge on any atom is -0.465 e. The number of amides is 1. The zero-order valence-corrected chi connectivity index (χ0v) is 12.2. The summed E-state index contributed by atoms with van der Waals surface area (Å²) in [4.78, 5) is 23.9. The van der Waals surface area contributed by atoms with E-state index in [1.54, 1.807) is 0 Å². The number of nitrogens with one attached hydrogen (secondary N) is 1. The van der Waals surface area contributed by atoms with Crippen LogP contribution < -0.4 is 11.1 Å². The number of ether oxygens (including phenoxy) is 1. The topological polar surface area (TPSA) is 81.4 Å². The van der Waals surface area contributed by atoms with Crippen molar-refractivity contribution < 1.29 is 14.3 Å². The average molecular weight is 288 g/mol. The fourth-order valence-electron chi connectivity index (χ4n) is 1.36. The Bertz CT molecular complexity index is 457. The lowest BCUT2D eigenvalue weighted by atomic mass is 10.2. The summed E-state index contributed by atoms with van der Waals surface area (Å²) < 4.78 is 5.42. The summed E-state index contributed by atoms with van der Waals surface area (Å²) in [5.41, 5.74) is 6.38. The molecule has 0 bridgehead atoms. The molecule has 0 saturated carbocycles. The Labute approximate surface area is 114 Å². The van der Waals surface area contributed by atoms with Crippen molar-refractivity contribution in [1.82, 2.24) is 5.32 Å². The van der Waals surface area contributed by atoms with Gasteiger partial charge in [-0.1, -0.05) is 6.92 Å². The molecule has 1 rings (SSSR count). The number of hydrogen-bond acceptors (Lipinski definition) is 6. The minimum absolute atomic E-state index is 0.203. The summed E-state index contributed by atoms with van der Waals surface area (Å²) in [6.07, 6.45) is 0. The van der Waals surface area contributed by atoms with Crippen molar-refractivity contribution in [2.45, 2.75) is 18.1 Å². The van der Waals surface area contributed by atoms with Crippen LogP contribution in [0, 0.1) is 0 Å². The molecule has 18 heavy (non-hydrogen) atoms. The number of nitrogens with two attached hydrogens (primary N) is 1. The maximum absolute atomic E-state index is 11.8. The standard InChI is InChI=1S/C11H16N2O3S2/c1-4-13-9(14)8-7(12)6(10(15)16-3)11(18-8)17-5-2/h4-5,12H2,1-3H3,(H,13,14). The van der Waals surface area contributed by atoms with Crippen molar-refractivity contribution in [3.8, 4) is 0 Å². The summed E-state index contributed by atoms with van der Waals surface area (Å²) in [6.45, 7) is 4.30. The van der Waals surface area contributed by atoms with Crippen molar-refractivity contribution in [2.24, 2.45) is 0 Å². The lowest BCUT2D eigenvalue weighted by molar-refractivity contribution is 0.0599. The predicted molar refractivity (Wildman–Crippen MR) is 74.5 cm³/mol. The third-order valence-corrected chi connectivity index (χ3v) is 4.48. The number of esters is 1. The largest absolute Gasteiger partial charge is 0.465 e. The lowest BCUT2D eigenvalue weighted by Crippen LogP contribution is -2.22. The average Bonchev–Trinajstić information content (AvgIpc) is 2.66. The van der Waals surface area contributed by atoms with E-state index in [2.05, 4.69) is 5.32 Å². The second-order valence-corrected chi connectivity index (χ2v) is 5.84. The van der Waals surface area contributed by atoms with Gasteiger partial charge in [-0.25, -0.2) is 4.79 Å². The first kappa shape index (κ1) is 14.8. The molecular formula is C11H16N2O3S2. The van der Waals surface area contributed by atoms with Crippen LogP contribution in [0.4, 0.5) is 5.69 Å². The van der Waals surface area contributed by atoms with Gasteiger partial charge < -0.3 is 15.8 Å². The van der Waals surface area contributed by atoms with Crippen molar-refractivity contribution in [1.29, 1.82) is 0 Å². The lowest BCUT2D eigenvalue weighted by Gasteiger charge is -2.02. The van der Waals surface area contributed by atoms with Gasteiger partial charge in [-0.15, -0.1) is 23.1 Å². The molecule has 7 heteroatoms. The maximum atomic E-state index is 11.8. The van der Waals surface area contributed by atoms with Crippen LogP contribution in [0.2, 0.25) is 0 Å². The van der Waals surface area contributed by atoms with E-state index in [0.29, 0.717) is 17.0 Å². The first-order chi connectivity index (χ1) is 8.56. The van der Waals surface area contributed by atoms with Gasteiger partial charge in [0.15, 0.2) is 0 Å². The molecule has 0 unspecified atom stereocenters. The van der Waals surface area contributed by atoms with Crippen LogP contribution in [0.25, 0.3) is 0 Å². The highest BCUT2D eigenvalue weighted by Crippen LogP contribution is 2.38. The fourth-order valence-corrected chi connectivity index (χ4v) is 3.66. The van der Waals surface area contributed by atoms with E-state index in [1.807, 2.05) is 13.8 Å². The monoisotopic (exact) mass is 288 g/mol. The summed E-state index contributed by atoms with van der Waals surface area (Å²) in [6, 6.07) is 0. The number of methoxy groups -OCH3 is 1. The second kappa shape index (κ2) is 6.65. The zero-order valence-electron chi connectivity index (χ0n) is 10.5. The van der Waals surface area contributed by atoms with Gasteiger partial charge in [-0.3, -0.25) is 4.79 Å². The summed E-state index contributed by atoms with van der Waals surface area (Å²) >= 11 is 2.70. The van der Waals surface area contributed by atoms with Gasteiger partial charge in [0, 0.05) is 6.54 Å². The molecular weight excluding hydrogens is 272 g/mol. The van der Waals surface area contributed by atoms with E-state index in [9.17, 15) is 9.59 Å². The minimum atomic E-state index is -0.504. The van der Waals surface area contributed by atoms with Crippen LogP contribution in [-0.2, 0) is 4.74 Å². The van der Waals surface area contributed by atoms with Crippen LogP contribution in [0.5, 0.6) is 0 Å². The Hall–Kier alpha value is -1.21. The summed E-state index contributed by atoms with van der Waals surface area (Å²) in [7, 11) is 1.30. The molecule has 3 N–H and O–H groups in total. The number of thioether (sulfide) groups is 1. The van der Waals surface area contributed by atoms with Gasteiger partial charge in [0.1, 0.15) is 10.4 Å². The summed E-state index contributed by atoms with van der Waals surface area (Å²) in [5.74, 6) is 0.0297. The van der Waals surface area contributed by atoms with Crippen LogP contribution >= 0.6 is 23.1 Å². The van der Waals surface area contributed by atoms with E-state index in [1.165, 1.54) is 30.2 Å². The Balaban J connectivity index is 3.23. The van der Waals surface area contributed by atoms with E-state index in [4.69, 9.17) is 10.5 Å². The highest BCUT2D eigenvalue weighted by molar-refractivity contribution is 8.01. The van der Waals surface area contributed by atoms with Crippen molar-refractivity contribution >= 4 is 40.7 Å². The summed E-state index contributed by atoms with van der Waals surface area (Å²) in [5, 5.41) is 2.67. The van der Waals surface area contributed by atoms with Gasteiger partial charge in [-0.2, -0.15) is 0 Å². The number of rotatable bonds is 5. The van der Waals surface area contributed by atoms with Crippen molar-refractivity contribution in [3.05, 3.63) is 10.4 Å². The normalized spacial score (nSPS) is 10.2. The van der Waals surface area contributed by atoms with Gasteiger partial charge in [0.25, 0.3) is 5.91 Å². The van der Waals surface area contributed by atoms with E-state index in [-0.39, 0.29) is 11.6 Å². The molecule has 1 aromatic rings. The first-order valence-electron chi connectivity index (χ1n) is 5.48. The number of carbonyl (C=O) groups is 2. The third kappa shape index (κ3) is 2.97. The molecule has 1 amide bonds. The molecule has 0 aromatic carbocycles.